The van der Waals surface area contributed by atoms with Gasteiger partial charge in [-0.2, -0.15) is 0 Å². The number of carbonyl (C=O) groups is 2. The lowest BCUT2D eigenvalue weighted by atomic mass is 10.2. The van der Waals surface area contributed by atoms with E-state index in [4.69, 9.17) is 9.84 Å². The molecular formula is C11H21NO5. The Kier molecular flexibility index (Phi) is 9.37. The number of hydrogen-bond acceptors (Lipinski definition) is 4. The van der Waals surface area contributed by atoms with Crippen molar-refractivity contribution in [2.45, 2.75) is 20.3 Å². The summed E-state index contributed by atoms with van der Waals surface area (Å²) in [5.41, 5.74) is 0. The number of carbonyl (C=O) groups excluding carboxylic acids is 1. The van der Waals surface area contributed by atoms with Crippen LogP contribution in [0, 0.1) is 5.92 Å². The zero-order valence-corrected chi connectivity index (χ0v) is 10.4. The lowest BCUT2D eigenvalue weighted by molar-refractivity contribution is -0.143. The summed E-state index contributed by atoms with van der Waals surface area (Å²) in [5, 5.41) is 10.9. The van der Waals surface area contributed by atoms with Crippen LogP contribution in [0.2, 0.25) is 0 Å². The van der Waals surface area contributed by atoms with Gasteiger partial charge in [0.15, 0.2) is 0 Å². The molecule has 0 saturated heterocycles. The molecule has 17 heavy (non-hydrogen) atoms. The average molecular weight is 247 g/mol. The van der Waals surface area contributed by atoms with E-state index in [2.05, 4.69) is 23.9 Å². The molecule has 0 atom stereocenters. The lowest BCUT2D eigenvalue weighted by Crippen LogP contribution is -2.30. The Morgan fingerprint density at radius 2 is 1.94 bits per heavy atom. The third-order valence-corrected chi connectivity index (χ3v) is 1.70. The third-order valence-electron chi connectivity index (χ3n) is 1.70. The summed E-state index contributed by atoms with van der Waals surface area (Å²) in [6.45, 7) is 5.30. The van der Waals surface area contributed by atoms with Crippen LogP contribution in [0.3, 0.4) is 0 Å². The number of nitrogens with one attached hydrogen (secondary N) is 1. The smallest absolute Gasteiger partial charge is 0.329 e. The van der Waals surface area contributed by atoms with Crippen LogP contribution in [-0.2, 0) is 19.1 Å². The van der Waals surface area contributed by atoms with Gasteiger partial charge in [-0.15, -0.1) is 0 Å². The zero-order chi connectivity index (χ0) is 13.1. The maximum Gasteiger partial charge on any atom is 0.329 e. The Balaban J connectivity index is 3.25. The molecule has 0 saturated carbocycles. The summed E-state index contributed by atoms with van der Waals surface area (Å²) >= 11 is 0. The van der Waals surface area contributed by atoms with E-state index in [0.29, 0.717) is 19.1 Å². The van der Waals surface area contributed by atoms with Crippen LogP contribution in [-0.4, -0.2) is 50.0 Å². The standard InChI is InChI=1S/C11H21NO5/c1-9(2)6-16-5-3-4-12-10(13)7-17-8-11(14)15/h9H,3-8H2,1-2H3,(H,12,13)(H,14,15). The summed E-state index contributed by atoms with van der Waals surface area (Å²) in [6, 6.07) is 0. The van der Waals surface area contributed by atoms with E-state index < -0.39 is 12.6 Å². The highest BCUT2D eigenvalue weighted by atomic mass is 16.5. The molecule has 0 heterocycles. The minimum Gasteiger partial charge on any atom is -0.480 e. The molecule has 0 aliphatic carbocycles. The van der Waals surface area contributed by atoms with Gasteiger partial charge in [-0.05, 0) is 12.3 Å². The second kappa shape index (κ2) is 10.0. The molecule has 100 valence electrons. The highest BCUT2D eigenvalue weighted by Gasteiger charge is 2.02. The Bertz CT molecular complexity index is 230. The molecule has 6 nitrogen and oxygen atoms in total. The molecule has 2 N–H and O–H groups in total. The van der Waals surface area contributed by atoms with Crippen molar-refractivity contribution in [3.8, 4) is 0 Å². The molecule has 0 fully saturated rings. The van der Waals surface area contributed by atoms with Gasteiger partial charge in [-0.3, -0.25) is 4.79 Å². The second-order valence-corrected chi connectivity index (χ2v) is 4.06. The average Bonchev–Trinajstić information content (AvgIpc) is 2.22. The van der Waals surface area contributed by atoms with Gasteiger partial charge in [-0.1, -0.05) is 13.8 Å². The summed E-state index contributed by atoms with van der Waals surface area (Å²) in [6.07, 6.45) is 0.734. The molecule has 0 radical (unpaired) electrons. The van der Waals surface area contributed by atoms with Gasteiger partial charge in [0.2, 0.25) is 5.91 Å². The first-order valence-corrected chi connectivity index (χ1v) is 5.66. The normalized spacial score (nSPS) is 10.5. The molecule has 0 aliphatic heterocycles. The fraction of sp³-hybridized carbons (Fsp3) is 0.818. The maximum atomic E-state index is 11.1. The van der Waals surface area contributed by atoms with Crippen LogP contribution >= 0.6 is 0 Å². The predicted molar refractivity (Wildman–Crippen MR) is 61.7 cm³/mol. The summed E-state index contributed by atoms with van der Waals surface area (Å²) in [5.74, 6) is -0.885. The van der Waals surface area contributed by atoms with Gasteiger partial charge >= 0.3 is 5.97 Å². The van der Waals surface area contributed by atoms with Gasteiger partial charge in [-0.25, -0.2) is 4.79 Å². The SMILES string of the molecule is CC(C)COCCCNC(=O)COCC(=O)O. The number of carboxylic acids is 1. The van der Waals surface area contributed by atoms with Crippen molar-refractivity contribution in [3.63, 3.8) is 0 Å². The first kappa shape index (κ1) is 15.9. The molecule has 1 amide bonds. The van der Waals surface area contributed by atoms with E-state index in [1.165, 1.54) is 0 Å². The van der Waals surface area contributed by atoms with E-state index >= 15 is 0 Å². The van der Waals surface area contributed by atoms with Gasteiger partial charge in [0.1, 0.15) is 13.2 Å². The fourth-order valence-electron chi connectivity index (χ4n) is 1.00. The maximum absolute atomic E-state index is 11.1. The largest absolute Gasteiger partial charge is 0.480 e. The van der Waals surface area contributed by atoms with Crippen molar-refractivity contribution in [3.05, 3.63) is 0 Å². The van der Waals surface area contributed by atoms with E-state index in [1.54, 1.807) is 0 Å². The van der Waals surface area contributed by atoms with Crippen LogP contribution in [0.5, 0.6) is 0 Å². The molecule has 0 unspecified atom stereocenters. The first-order chi connectivity index (χ1) is 8.02. The molecule has 0 rings (SSSR count). The first-order valence-electron chi connectivity index (χ1n) is 5.66. The van der Waals surface area contributed by atoms with E-state index in [9.17, 15) is 9.59 Å². The predicted octanol–water partition coefficient (Wildman–Crippen LogP) is 0.267. The summed E-state index contributed by atoms with van der Waals surface area (Å²) in [4.78, 5) is 21.2. The summed E-state index contributed by atoms with van der Waals surface area (Å²) < 4.78 is 9.95. The Labute approximate surface area is 101 Å². The highest BCUT2D eigenvalue weighted by Crippen LogP contribution is 1.92. The van der Waals surface area contributed by atoms with Gasteiger partial charge in [0, 0.05) is 19.8 Å². The van der Waals surface area contributed by atoms with Gasteiger partial charge in [0.05, 0.1) is 0 Å². The van der Waals surface area contributed by atoms with E-state index in [0.717, 1.165) is 13.0 Å². The Morgan fingerprint density at radius 1 is 1.24 bits per heavy atom. The number of amides is 1. The fourth-order valence-corrected chi connectivity index (χ4v) is 1.00. The number of hydrogen-bond donors (Lipinski definition) is 2. The van der Waals surface area contributed by atoms with Crippen LogP contribution < -0.4 is 5.32 Å². The zero-order valence-electron chi connectivity index (χ0n) is 10.4. The van der Waals surface area contributed by atoms with Crippen LogP contribution in [0.1, 0.15) is 20.3 Å². The molecular weight excluding hydrogens is 226 g/mol. The van der Waals surface area contributed by atoms with Crippen LogP contribution in [0.25, 0.3) is 0 Å². The van der Waals surface area contributed by atoms with Crippen molar-refractivity contribution in [1.29, 1.82) is 0 Å². The van der Waals surface area contributed by atoms with E-state index in [1.807, 2.05) is 0 Å². The molecule has 0 spiro atoms. The van der Waals surface area contributed by atoms with Crippen molar-refractivity contribution in [2.75, 3.05) is 33.0 Å². The topological polar surface area (TPSA) is 84.9 Å². The molecule has 6 heteroatoms. The number of ether oxygens (including phenoxy) is 2. The molecule has 0 aromatic carbocycles. The van der Waals surface area contributed by atoms with Crippen LogP contribution in [0.15, 0.2) is 0 Å². The van der Waals surface area contributed by atoms with Crippen molar-refractivity contribution < 1.29 is 24.2 Å². The molecule has 0 bridgehead atoms. The minimum absolute atomic E-state index is 0.223. The number of carboxylic acid groups (broad SMARTS) is 1. The van der Waals surface area contributed by atoms with Crippen LogP contribution in [0.4, 0.5) is 0 Å². The van der Waals surface area contributed by atoms with E-state index in [-0.39, 0.29) is 12.5 Å². The Hall–Kier alpha value is -1.14. The van der Waals surface area contributed by atoms with Crippen molar-refractivity contribution in [1.82, 2.24) is 5.32 Å². The van der Waals surface area contributed by atoms with Gasteiger partial charge < -0.3 is 19.9 Å². The quantitative estimate of drug-likeness (QED) is 0.541. The second-order valence-electron chi connectivity index (χ2n) is 4.06. The molecule has 0 aliphatic rings. The minimum atomic E-state index is -1.08. The van der Waals surface area contributed by atoms with Crippen molar-refractivity contribution >= 4 is 11.9 Å². The van der Waals surface area contributed by atoms with Gasteiger partial charge in [0.25, 0.3) is 0 Å². The molecule has 0 aromatic heterocycles. The lowest BCUT2D eigenvalue weighted by Gasteiger charge is -2.07. The van der Waals surface area contributed by atoms with Crippen molar-refractivity contribution in [2.24, 2.45) is 5.92 Å². The number of aliphatic carboxylic acids is 1. The summed E-state index contributed by atoms with van der Waals surface area (Å²) in [7, 11) is 0. The number of rotatable bonds is 10. The molecule has 0 aromatic rings. The third kappa shape index (κ3) is 12.8. The monoisotopic (exact) mass is 247 g/mol. The highest BCUT2D eigenvalue weighted by molar-refractivity contribution is 5.77. The Morgan fingerprint density at radius 3 is 2.53 bits per heavy atom.